The van der Waals surface area contributed by atoms with Crippen LogP contribution in [0.4, 0.5) is 16.3 Å². The van der Waals surface area contributed by atoms with Gasteiger partial charge in [-0.3, -0.25) is 0 Å². The van der Waals surface area contributed by atoms with Gasteiger partial charge >= 0.3 is 12.1 Å². The van der Waals surface area contributed by atoms with Crippen LogP contribution < -0.4 is 14.3 Å². The first-order valence-corrected chi connectivity index (χ1v) is 16.4. The summed E-state index contributed by atoms with van der Waals surface area (Å²) in [5.41, 5.74) is 3.19. The predicted octanol–water partition coefficient (Wildman–Crippen LogP) is 4.46. The Morgan fingerprint density at radius 2 is 1.98 bits per heavy atom. The van der Waals surface area contributed by atoms with E-state index in [1.165, 1.54) is 0 Å². The zero-order valence-corrected chi connectivity index (χ0v) is 27.4. The molecule has 2 aromatic rings. The van der Waals surface area contributed by atoms with Crippen molar-refractivity contribution in [3.8, 4) is 12.1 Å². The average Bonchev–Trinajstić information content (AvgIpc) is 3.38. The zero-order chi connectivity index (χ0) is 32.0. The highest BCUT2D eigenvalue weighted by Gasteiger charge is 2.46. The van der Waals surface area contributed by atoms with E-state index in [2.05, 4.69) is 29.0 Å². The summed E-state index contributed by atoms with van der Waals surface area (Å²) in [5.74, 6) is 0.826. The summed E-state index contributed by atoms with van der Waals surface area (Å²) in [6.07, 6.45) is 5.19. The summed E-state index contributed by atoms with van der Waals surface area (Å²) in [6, 6.07) is 10.7. The maximum Gasteiger partial charge on any atom is 0.410 e. The molecule has 0 N–H and O–H groups in total. The van der Waals surface area contributed by atoms with E-state index in [1.54, 1.807) is 11.9 Å². The van der Waals surface area contributed by atoms with E-state index in [0.29, 0.717) is 51.3 Å². The normalized spacial score (nSPS) is 28.4. The summed E-state index contributed by atoms with van der Waals surface area (Å²) >= 11 is 0. The monoisotopic (exact) mass is 617 g/mol. The Balaban J connectivity index is 1.31. The fourth-order valence-corrected chi connectivity index (χ4v) is 7.90. The van der Waals surface area contributed by atoms with Gasteiger partial charge in [-0.15, -0.1) is 0 Å². The number of ether oxygens (including phenoxy) is 2. The van der Waals surface area contributed by atoms with Gasteiger partial charge in [0.15, 0.2) is 0 Å². The number of nitrogens with zero attached hydrogens (tertiary/aromatic N) is 7. The molecule has 2 saturated heterocycles. The number of hydrogen-bond donors (Lipinski definition) is 0. The van der Waals surface area contributed by atoms with Crippen molar-refractivity contribution >= 4 is 17.6 Å². The summed E-state index contributed by atoms with van der Waals surface area (Å²) in [7, 11) is 3.90. The number of aromatic nitrogens is 2. The number of amides is 1. The highest BCUT2D eigenvalue weighted by atomic mass is 16.6. The second-order valence-corrected chi connectivity index (χ2v) is 14.7. The van der Waals surface area contributed by atoms with Gasteiger partial charge in [0.2, 0.25) is 0 Å². The van der Waals surface area contributed by atoms with Crippen molar-refractivity contribution in [1.82, 2.24) is 24.4 Å². The van der Waals surface area contributed by atoms with E-state index < -0.39 is 11.7 Å². The van der Waals surface area contributed by atoms with Crippen LogP contribution >= 0.6 is 0 Å². The van der Waals surface area contributed by atoms with Crippen LogP contribution in [0, 0.1) is 22.0 Å². The fraction of sp³-hybridized carbons (Fsp3) is 0.647. The maximum absolute atomic E-state index is 13.9. The second kappa shape index (κ2) is 12.0. The number of anilines is 1. The molecule has 242 valence electrons. The number of benzene rings is 1. The standard InChI is InChI=1S/C34H47N7O4/c1-33(2,3)45-32(42)40-18-17-39(21-25(40)13-15-35)30-27-12-14-34(19-24-9-6-7-11-29(24)41(5,43)23-34)20-28(27)36-31(37-30)44-22-26-10-8-16-38(26)4/h6-7,9,11,25-26H,8,10,12-14,16-23H2,1-5H3/t25-,26-,34+,41?/m0/s1. The molecule has 1 amide bonds. The van der Waals surface area contributed by atoms with Crippen molar-refractivity contribution in [2.24, 2.45) is 5.41 Å². The Morgan fingerprint density at radius 1 is 1.18 bits per heavy atom. The molecule has 45 heavy (non-hydrogen) atoms. The minimum Gasteiger partial charge on any atom is -0.628 e. The first-order valence-electron chi connectivity index (χ1n) is 16.4. The van der Waals surface area contributed by atoms with E-state index in [4.69, 9.17) is 19.4 Å². The van der Waals surface area contributed by atoms with Crippen LogP contribution in [0.3, 0.4) is 0 Å². The highest BCUT2D eigenvalue weighted by molar-refractivity contribution is 5.69. The minimum absolute atomic E-state index is 0.197. The number of likely N-dealkylation sites (tertiary alicyclic amines) is 1. The summed E-state index contributed by atoms with van der Waals surface area (Å²) in [5, 5.41) is 23.5. The smallest absolute Gasteiger partial charge is 0.410 e. The van der Waals surface area contributed by atoms with Crippen molar-refractivity contribution in [3.63, 3.8) is 0 Å². The molecule has 1 aromatic carbocycles. The number of likely N-dealkylation sites (N-methyl/N-ethyl adjacent to an activating group) is 1. The molecule has 4 aliphatic rings. The number of para-hydroxylation sites is 1. The molecular weight excluding hydrogens is 570 g/mol. The highest BCUT2D eigenvalue weighted by Crippen LogP contribution is 2.48. The van der Waals surface area contributed by atoms with Gasteiger partial charge in [-0.05, 0) is 72.5 Å². The molecule has 4 heterocycles. The Labute approximate surface area is 266 Å². The lowest BCUT2D eigenvalue weighted by Crippen LogP contribution is -2.57. The SMILES string of the molecule is CN1CCC[C@H]1COc1nc2c(c(N3CCN(C(=O)OC(C)(C)C)[C@@H](CC#N)C3)n1)CC[C@@]1(Cc3ccccc3[N+](C)([O-])C1)C2. The third kappa shape index (κ3) is 6.60. The van der Waals surface area contributed by atoms with Gasteiger partial charge in [0.05, 0.1) is 37.8 Å². The Morgan fingerprint density at radius 3 is 2.71 bits per heavy atom. The molecule has 11 heteroatoms. The van der Waals surface area contributed by atoms with Crippen LogP contribution in [0.15, 0.2) is 24.3 Å². The van der Waals surface area contributed by atoms with Crippen molar-refractivity contribution < 1.29 is 14.3 Å². The first kappa shape index (κ1) is 31.5. The number of carbonyl (C=O) groups is 1. The van der Waals surface area contributed by atoms with Gasteiger partial charge in [0.1, 0.15) is 23.7 Å². The average molecular weight is 618 g/mol. The van der Waals surface area contributed by atoms with Crippen LogP contribution in [0.2, 0.25) is 0 Å². The summed E-state index contributed by atoms with van der Waals surface area (Å²) in [4.78, 5) is 29.3. The molecule has 3 aliphatic heterocycles. The van der Waals surface area contributed by atoms with E-state index in [9.17, 15) is 15.3 Å². The Hall–Kier alpha value is -3.46. The zero-order valence-electron chi connectivity index (χ0n) is 27.4. The van der Waals surface area contributed by atoms with Crippen LogP contribution in [0.25, 0.3) is 0 Å². The Bertz CT molecular complexity index is 1470. The molecule has 2 fully saturated rings. The number of carbonyl (C=O) groups excluding carboxylic acids is 1. The molecule has 0 saturated carbocycles. The van der Waals surface area contributed by atoms with Crippen molar-refractivity contribution in [1.29, 1.82) is 5.26 Å². The molecule has 0 bridgehead atoms. The topological polar surface area (TPSA) is 118 Å². The Kier molecular flexibility index (Phi) is 8.44. The molecule has 0 radical (unpaired) electrons. The third-order valence-corrected chi connectivity index (χ3v) is 10.0. The van der Waals surface area contributed by atoms with Gasteiger partial charge in [-0.1, -0.05) is 18.2 Å². The van der Waals surface area contributed by atoms with Gasteiger partial charge in [0.25, 0.3) is 0 Å². The van der Waals surface area contributed by atoms with Crippen LogP contribution in [0.1, 0.15) is 63.3 Å². The van der Waals surface area contributed by atoms with Gasteiger partial charge in [0, 0.05) is 48.6 Å². The predicted molar refractivity (Wildman–Crippen MR) is 173 cm³/mol. The third-order valence-electron chi connectivity index (χ3n) is 10.0. The molecule has 1 aliphatic carbocycles. The number of nitriles is 1. The minimum atomic E-state index is -0.620. The van der Waals surface area contributed by atoms with E-state index in [1.807, 2.05) is 39.0 Å². The van der Waals surface area contributed by atoms with Crippen LogP contribution in [0.5, 0.6) is 6.01 Å². The lowest BCUT2D eigenvalue weighted by atomic mass is 9.67. The van der Waals surface area contributed by atoms with Crippen LogP contribution in [-0.4, -0.2) is 97.0 Å². The molecule has 1 spiro atoms. The molecule has 11 nitrogen and oxygen atoms in total. The quantitative estimate of drug-likeness (QED) is 0.354. The van der Waals surface area contributed by atoms with Crippen LogP contribution in [-0.2, 0) is 24.0 Å². The lowest BCUT2D eigenvalue weighted by molar-refractivity contribution is 0.0144. The van der Waals surface area contributed by atoms with E-state index in [0.717, 1.165) is 67.0 Å². The number of hydrogen-bond acceptors (Lipinski definition) is 9. The maximum atomic E-state index is 13.9. The molecule has 6 rings (SSSR count). The van der Waals surface area contributed by atoms with Gasteiger partial charge < -0.3 is 34.0 Å². The number of hydroxylamine groups is 2. The van der Waals surface area contributed by atoms with Gasteiger partial charge in [-0.2, -0.15) is 15.2 Å². The number of piperazine rings is 1. The summed E-state index contributed by atoms with van der Waals surface area (Å²) < 4.78 is 11.6. The van der Waals surface area contributed by atoms with Crippen molar-refractivity contribution in [2.45, 2.75) is 83.4 Å². The second-order valence-electron chi connectivity index (χ2n) is 14.7. The molecule has 1 unspecified atom stereocenters. The first-order chi connectivity index (χ1) is 21.4. The van der Waals surface area contributed by atoms with Gasteiger partial charge in [-0.25, -0.2) is 4.79 Å². The lowest BCUT2D eigenvalue weighted by Gasteiger charge is -2.52. The number of quaternary nitrogens is 1. The summed E-state index contributed by atoms with van der Waals surface area (Å²) in [6.45, 7) is 9.09. The number of fused-ring (bicyclic) bond motifs is 2. The van der Waals surface area contributed by atoms with E-state index in [-0.39, 0.29) is 22.5 Å². The molecular formula is C34H47N7O4. The number of rotatable bonds is 5. The van der Waals surface area contributed by atoms with Crippen molar-refractivity contribution in [3.05, 3.63) is 46.3 Å². The fourth-order valence-electron chi connectivity index (χ4n) is 7.90. The largest absolute Gasteiger partial charge is 0.628 e. The molecule has 4 atom stereocenters. The van der Waals surface area contributed by atoms with Crippen molar-refractivity contribution in [2.75, 3.05) is 58.3 Å². The van der Waals surface area contributed by atoms with E-state index >= 15 is 0 Å². The molecule has 1 aromatic heterocycles.